The van der Waals surface area contributed by atoms with Crippen molar-refractivity contribution in [3.05, 3.63) is 75.5 Å². The van der Waals surface area contributed by atoms with Crippen LogP contribution in [0.1, 0.15) is 18.1 Å². The fourth-order valence-corrected chi connectivity index (χ4v) is 2.24. The van der Waals surface area contributed by atoms with E-state index in [0.29, 0.717) is 16.9 Å². The number of aliphatic imine (C=N–C) groups is 1. The van der Waals surface area contributed by atoms with E-state index in [1.165, 1.54) is 31.2 Å². The number of nitro groups is 1. The average Bonchev–Trinajstić information content (AvgIpc) is 2.97. The third-order valence-corrected chi connectivity index (χ3v) is 3.37. The number of nitrogens with zero attached hydrogens (tertiary/aromatic N) is 2. The van der Waals surface area contributed by atoms with Gasteiger partial charge in [0, 0.05) is 24.6 Å². The lowest BCUT2D eigenvalue weighted by Crippen LogP contribution is -2.05. The first kappa shape index (κ1) is 17.0. The monoisotopic (exact) mass is 352 g/mol. The van der Waals surface area contributed by atoms with Gasteiger partial charge in [-0.2, -0.15) is 0 Å². The Hall–Kier alpha value is -3.81. The third kappa shape index (κ3) is 3.81. The SMILES string of the molecule is CC(=O)Oc1ccc(C=C2N=C(c3cccc([N+](=O)[O-])c3)OC2=O)cc1. The van der Waals surface area contributed by atoms with Crippen LogP contribution in [0.25, 0.3) is 6.08 Å². The number of carbonyl (C=O) groups is 2. The molecule has 0 aromatic heterocycles. The Labute approximate surface area is 147 Å². The maximum absolute atomic E-state index is 12.0. The number of benzene rings is 2. The van der Waals surface area contributed by atoms with Crippen molar-refractivity contribution in [3.63, 3.8) is 0 Å². The molecule has 0 N–H and O–H groups in total. The van der Waals surface area contributed by atoms with Crippen LogP contribution >= 0.6 is 0 Å². The lowest BCUT2D eigenvalue weighted by Gasteiger charge is -2.00. The second-order valence-electron chi connectivity index (χ2n) is 5.31. The van der Waals surface area contributed by atoms with Crippen LogP contribution in [0.5, 0.6) is 5.75 Å². The van der Waals surface area contributed by atoms with E-state index < -0.39 is 16.9 Å². The van der Waals surface area contributed by atoms with Crippen molar-refractivity contribution in [2.45, 2.75) is 6.92 Å². The molecule has 0 spiro atoms. The lowest BCUT2D eigenvalue weighted by molar-refractivity contribution is -0.384. The number of hydrogen-bond donors (Lipinski definition) is 0. The minimum absolute atomic E-state index is 0.00137. The number of esters is 2. The molecule has 1 aliphatic heterocycles. The van der Waals surface area contributed by atoms with Gasteiger partial charge >= 0.3 is 11.9 Å². The standard InChI is InChI=1S/C18H12N2O6/c1-11(21)25-15-7-5-12(6-8-15)9-16-18(22)26-17(19-16)13-3-2-4-14(10-13)20(23)24/h2-10H,1H3. The number of nitro benzene ring substituents is 1. The molecule has 0 unspecified atom stereocenters. The van der Waals surface area contributed by atoms with Crippen LogP contribution < -0.4 is 4.74 Å². The normalized spacial score (nSPS) is 14.7. The quantitative estimate of drug-likeness (QED) is 0.275. The maximum Gasteiger partial charge on any atom is 0.363 e. The predicted molar refractivity (Wildman–Crippen MR) is 91.5 cm³/mol. The van der Waals surface area contributed by atoms with E-state index in [1.54, 1.807) is 30.3 Å². The highest BCUT2D eigenvalue weighted by molar-refractivity contribution is 6.13. The minimum Gasteiger partial charge on any atom is -0.427 e. The number of ether oxygens (including phenoxy) is 2. The highest BCUT2D eigenvalue weighted by atomic mass is 16.6. The van der Waals surface area contributed by atoms with E-state index in [2.05, 4.69) is 4.99 Å². The molecule has 0 atom stereocenters. The van der Waals surface area contributed by atoms with Gasteiger partial charge in [-0.1, -0.05) is 18.2 Å². The molecule has 26 heavy (non-hydrogen) atoms. The molecule has 0 aliphatic carbocycles. The Morgan fingerprint density at radius 2 is 1.96 bits per heavy atom. The summed E-state index contributed by atoms with van der Waals surface area (Å²) in [7, 11) is 0. The van der Waals surface area contributed by atoms with E-state index in [4.69, 9.17) is 9.47 Å². The van der Waals surface area contributed by atoms with Gasteiger partial charge in [-0.15, -0.1) is 0 Å². The Morgan fingerprint density at radius 3 is 2.62 bits per heavy atom. The molecular formula is C18H12N2O6. The van der Waals surface area contributed by atoms with Crippen LogP contribution in [0, 0.1) is 10.1 Å². The molecule has 8 nitrogen and oxygen atoms in total. The second-order valence-corrected chi connectivity index (χ2v) is 5.31. The molecule has 130 valence electrons. The van der Waals surface area contributed by atoms with Crippen molar-refractivity contribution in [2.75, 3.05) is 0 Å². The van der Waals surface area contributed by atoms with Gasteiger partial charge in [0.25, 0.3) is 5.69 Å². The lowest BCUT2D eigenvalue weighted by atomic mass is 10.2. The van der Waals surface area contributed by atoms with Crippen LogP contribution in [0.15, 0.2) is 59.2 Å². The van der Waals surface area contributed by atoms with Crippen LogP contribution in [0.4, 0.5) is 5.69 Å². The summed E-state index contributed by atoms with van der Waals surface area (Å²) in [6.45, 7) is 1.30. The zero-order valence-electron chi connectivity index (χ0n) is 13.5. The van der Waals surface area contributed by atoms with Gasteiger partial charge in [-0.25, -0.2) is 9.79 Å². The molecule has 3 rings (SSSR count). The molecule has 8 heteroatoms. The Balaban J connectivity index is 1.85. The van der Waals surface area contributed by atoms with Gasteiger partial charge in [0.15, 0.2) is 5.70 Å². The van der Waals surface area contributed by atoms with E-state index in [-0.39, 0.29) is 17.3 Å². The summed E-state index contributed by atoms with van der Waals surface area (Å²) in [4.78, 5) is 37.3. The molecule has 0 fully saturated rings. The van der Waals surface area contributed by atoms with Crippen molar-refractivity contribution in [2.24, 2.45) is 4.99 Å². The predicted octanol–water partition coefficient (Wildman–Crippen LogP) is 2.86. The number of hydrogen-bond acceptors (Lipinski definition) is 7. The van der Waals surface area contributed by atoms with Gasteiger partial charge in [0.05, 0.1) is 4.92 Å². The number of non-ortho nitro benzene ring substituents is 1. The highest BCUT2D eigenvalue weighted by Gasteiger charge is 2.25. The van der Waals surface area contributed by atoms with Gasteiger partial charge < -0.3 is 9.47 Å². The fourth-order valence-electron chi connectivity index (χ4n) is 2.24. The second kappa shape index (κ2) is 6.98. The number of cyclic esters (lactones) is 1. The summed E-state index contributed by atoms with van der Waals surface area (Å²) in [5.74, 6) is -0.701. The molecular weight excluding hydrogens is 340 g/mol. The number of rotatable bonds is 4. The van der Waals surface area contributed by atoms with E-state index in [9.17, 15) is 19.7 Å². The summed E-state index contributed by atoms with van der Waals surface area (Å²) in [5, 5.41) is 10.8. The van der Waals surface area contributed by atoms with Crippen molar-refractivity contribution in [3.8, 4) is 5.75 Å². The minimum atomic E-state index is -0.657. The van der Waals surface area contributed by atoms with Gasteiger partial charge in [0.2, 0.25) is 5.90 Å². The highest BCUT2D eigenvalue weighted by Crippen LogP contribution is 2.22. The molecule has 0 saturated heterocycles. The van der Waals surface area contributed by atoms with E-state index >= 15 is 0 Å². The van der Waals surface area contributed by atoms with Crippen LogP contribution in [-0.2, 0) is 14.3 Å². The van der Waals surface area contributed by atoms with Gasteiger partial charge in [-0.3, -0.25) is 14.9 Å². The third-order valence-electron chi connectivity index (χ3n) is 3.37. The van der Waals surface area contributed by atoms with Crippen molar-refractivity contribution >= 4 is 29.6 Å². The summed E-state index contributed by atoms with van der Waals surface area (Å²) in [5.41, 5.74) is 0.921. The molecule has 0 amide bonds. The first-order valence-electron chi connectivity index (χ1n) is 7.48. The zero-order chi connectivity index (χ0) is 18.7. The van der Waals surface area contributed by atoms with Crippen molar-refractivity contribution < 1.29 is 24.0 Å². The van der Waals surface area contributed by atoms with Gasteiger partial charge in [-0.05, 0) is 29.8 Å². The van der Waals surface area contributed by atoms with E-state index in [1.807, 2.05) is 0 Å². The summed E-state index contributed by atoms with van der Waals surface area (Å²) in [6, 6.07) is 12.1. The average molecular weight is 352 g/mol. The van der Waals surface area contributed by atoms with Crippen LogP contribution in [0.3, 0.4) is 0 Å². The first-order chi connectivity index (χ1) is 12.4. The largest absolute Gasteiger partial charge is 0.427 e. The molecule has 0 saturated carbocycles. The summed E-state index contributed by atoms with van der Waals surface area (Å²) < 4.78 is 10.0. The van der Waals surface area contributed by atoms with Gasteiger partial charge in [0.1, 0.15) is 5.75 Å². The van der Waals surface area contributed by atoms with Crippen LogP contribution in [0.2, 0.25) is 0 Å². The summed E-state index contributed by atoms with van der Waals surface area (Å²) in [6.07, 6.45) is 1.50. The Kier molecular flexibility index (Phi) is 4.57. The molecule has 0 bridgehead atoms. The smallest absolute Gasteiger partial charge is 0.363 e. The van der Waals surface area contributed by atoms with E-state index in [0.717, 1.165) is 0 Å². The zero-order valence-corrected chi connectivity index (χ0v) is 13.5. The molecule has 2 aromatic rings. The van der Waals surface area contributed by atoms with Crippen molar-refractivity contribution in [1.29, 1.82) is 0 Å². The van der Waals surface area contributed by atoms with Crippen molar-refractivity contribution in [1.82, 2.24) is 0 Å². The Bertz CT molecular complexity index is 960. The Morgan fingerprint density at radius 1 is 1.23 bits per heavy atom. The topological polar surface area (TPSA) is 108 Å². The number of carbonyl (C=O) groups excluding carboxylic acids is 2. The molecule has 0 radical (unpaired) electrons. The summed E-state index contributed by atoms with van der Waals surface area (Å²) >= 11 is 0. The molecule has 1 heterocycles. The molecule has 1 aliphatic rings. The maximum atomic E-state index is 12.0. The first-order valence-corrected chi connectivity index (χ1v) is 7.48. The molecule has 2 aromatic carbocycles. The fraction of sp³-hybridized carbons (Fsp3) is 0.0556. The van der Waals surface area contributed by atoms with Crippen LogP contribution in [-0.4, -0.2) is 22.8 Å².